The zero-order chi connectivity index (χ0) is 11.0. The molecule has 0 atom stereocenters. The van der Waals surface area contributed by atoms with Crippen molar-refractivity contribution in [2.24, 2.45) is 0 Å². The fourth-order valence-corrected chi connectivity index (χ4v) is 8.59. The zero-order valence-corrected chi connectivity index (χ0v) is 12.8. The van der Waals surface area contributed by atoms with Crippen LogP contribution in [0.4, 0.5) is 0 Å². The van der Waals surface area contributed by atoms with Crippen LogP contribution < -0.4 is 0 Å². The van der Waals surface area contributed by atoms with Gasteiger partial charge < -0.3 is 0 Å². The average molecular weight is 229 g/mol. The lowest BCUT2D eigenvalue weighted by Gasteiger charge is -2.22. The van der Waals surface area contributed by atoms with Crippen LogP contribution in [0.5, 0.6) is 0 Å². The van der Waals surface area contributed by atoms with Crippen LogP contribution in [0.2, 0.25) is 44.3 Å². The van der Waals surface area contributed by atoms with E-state index in [2.05, 4.69) is 38.8 Å². The van der Waals surface area contributed by atoms with Crippen LogP contribution in [-0.2, 0) is 0 Å². The minimum atomic E-state index is -0.816. The molecule has 0 aromatic heterocycles. The fourth-order valence-electron chi connectivity index (χ4n) is 1.70. The molecule has 14 heavy (non-hydrogen) atoms. The minimum absolute atomic E-state index is 0.299. The molecule has 0 aromatic rings. The van der Waals surface area contributed by atoms with E-state index in [1.807, 2.05) is 0 Å². The van der Waals surface area contributed by atoms with E-state index >= 15 is 0 Å². The Labute approximate surface area is 93.4 Å². The third-order valence-corrected chi connectivity index (χ3v) is 8.28. The molecule has 2 heteroatoms. The van der Waals surface area contributed by atoms with Crippen molar-refractivity contribution in [3.63, 3.8) is 0 Å². The highest BCUT2D eigenvalue weighted by Crippen LogP contribution is 2.22. The summed E-state index contributed by atoms with van der Waals surface area (Å²) in [5.74, 6) is 0. The van der Waals surface area contributed by atoms with Gasteiger partial charge in [-0.1, -0.05) is 63.2 Å². The highest BCUT2D eigenvalue weighted by atomic mass is 28.3. The van der Waals surface area contributed by atoms with Crippen LogP contribution >= 0.6 is 0 Å². The van der Waals surface area contributed by atoms with Crippen molar-refractivity contribution < 1.29 is 0 Å². The summed E-state index contributed by atoms with van der Waals surface area (Å²) in [6.07, 6.45) is 6.06. The Balaban J connectivity index is 3.55. The van der Waals surface area contributed by atoms with Gasteiger partial charge >= 0.3 is 0 Å². The molecule has 0 nitrogen and oxygen atoms in total. The van der Waals surface area contributed by atoms with E-state index in [0.717, 1.165) is 0 Å². The zero-order valence-electron chi connectivity index (χ0n) is 10.6. The Hall–Kier alpha value is 0.174. The van der Waals surface area contributed by atoms with Crippen molar-refractivity contribution in [3.05, 3.63) is 12.7 Å². The number of hydrogen-bond acceptors (Lipinski definition) is 0. The summed E-state index contributed by atoms with van der Waals surface area (Å²) < 4.78 is 0. The van der Waals surface area contributed by atoms with Gasteiger partial charge in [0.05, 0.1) is 0 Å². The maximum atomic E-state index is 3.77. The Morgan fingerprint density at radius 2 is 1.79 bits per heavy atom. The first-order valence-electron chi connectivity index (χ1n) is 6.09. The lowest BCUT2D eigenvalue weighted by molar-refractivity contribution is 0.801. The van der Waals surface area contributed by atoms with Gasteiger partial charge in [0.2, 0.25) is 0 Å². The third kappa shape index (κ3) is 8.76. The van der Waals surface area contributed by atoms with E-state index in [9.17, 15) is 0 Å². The van der Waals surface area contributed by atoms with E-state index < -0.39 is 8.07 Å². The van der Waals surface area contributed by atoms with Crippen molar-refractivity contribution in [1.82, 2.24) is 0 Å². The first-order chi connectivity index (χ1) is 6.48. The Morgan fingerprint density at radius 3 is 2.29 bits per heavy atom. The molecule has 0 unspecified atom stereocenters. The van der Waals surface area contributed by atoms with Crippen LogP contribution in [0.25, 0.3) is 0 Å². The van der Waals surface area contributed by atoms with Gasteiger partial charge in [-0.25, -0.2) is 0 Å². The lowest BCUT2D eigenvalue weighted by Crippen LogP contribution is -2.26. The third-order valence-electron chi connectivity index (χ3n) is 2.91. The number of hydrogen-bond donors (Lipinski definition) is 0. The smallest absolute Gasteiger partial charge is 0.0470 e. The number of unbranched alkanes of at least 4 members (excludes halogenated alkanes) is 2. The fraction of sp³-hybridized carbons (Fsp3) is 0.833. The minimum Gasteiger partial charge on any atom is -0.103 e. The van der Waals surface area contributed by atoms with Crippen molar-refractivity contribution in [1.29, 1.82) is 0 Å². The van der Waals surface area contributed by atoms with Crippen LogP contribution in [0.15, 0.2) is 12.7 Å². The number of rotatable bonds is 8. The molecule has 0 saturated heterocycles. The van der Waals surface area contributed by atoms with Gasteiger partial charge in [0.1, 0.15) is 0 Å². The largest absolute Gasteiger partial charge is 0.103 e. The summed E-state index contributed by atoms with van der Waals surface area (Å²) in [6.45, 7) is 13.9. The molecule has 0 amide bonds. The molecule has 0 rings (SSSR count). The van der Waals surface area contributed by atoms with Gasteiger partial charge in [0, 0.05) is 16.9 Å². The van der Waals surface area contributed by atoms with Crippen molar-refractivity contribution >= 4 is 16.9 Å². The standard InChI is InChI=1S/C12H28Si2/c1-6-7-8-9-11-14(4,5)12-10-13(2)3/h6,13H,1,7-12H2,2-5H3. The molecule has 0 saturated carbocycles. The molecule has 0 heterocycles. The molecule has 0 N–H and O–H groups in total. The van der Waals surface area contributed by atoms with Crippen molar-refractivity contribution in [2.45, 2.75) is 63.6 Å². The summed E-state index contributed by atoms with van der Waals surface area (Å²) >= 11 is 0. The molecule has 0 aromatic carbocycles. The van der Waals surface area contributed by atoms with Crippen LogP contribution in [-0.4, -0.2) is 16.9 Å². The Morgan fingerprint density at radius 1 is 1.14 bits per heavy atom. The Bertz CT molecular complexity index is 150. The van der Waals surface area contributed by atoms with Gasteiger partial charge in [-0.05, 0) is 6.42 Å². The maximum absolute atomic E-state index is 3.77. The van der Waals surface area contributed by atoms with Gasteiger partial charge in [0.15, 0.2) is 0 Å². The summed E-state index contributed by atoms with van der Waals surface area (Å²) in [5.41, 5.74) is 0. The number of allylic oxidation sites excluding steroid dienone is 1. The molecule has 0 aliphatic rings. The molecule has 0 spiro atoms. The highest BCUT2D eigenvalue weighted by Gasteiger charge is 2.19. The molecule has 0 radical (unpaired) electrons. The normalized spacial score (nSPS) is 12.1. The van der Waals surface area contributed by atoms with Gasteiger partial charge in [0.25, 0.3) is 0 Å². The summed E-state index contributed by atoms with van der Waals surface area (Å²) in [4.78, 5) is 0. The topological polar surface area (TPSA) is 0 Å². The molecule has 0 bridgehead atoms. The van der Waals surface area contributed by atoms with Crippen LogP contribution in [0, 0.1) is 0 Å². The van der Waals surface area contributed by atoms with E-state index in [1.165, 1.54) is 25.3 Å². The predicted molar refractivity (Wildman–Crippen MR) is 74.8 cm³/mol. The molecular weight excluding hydrogens is 200 g/mol. The predicted octanol–water partition coefficient (Wildman–Crippen LogP) is 4.54. The monoisotopic (exact) mass is 228 g/mol. The first-order valence-corrected chi connectivity index (χ1v) is 12.6. The molecule has 0 aliphatic heterocycles. The van der Waals surface area contributed by atoms with Crippen molar-refractivity contribution in [2.75, 3.05) is 0 Å². The summed E-state index contributed by atoms with van der Waals surface area (Å²) in [7, 11) is -1.11. The maximum Gasteiger partial charge on any atom is 0.0470 e. The quantitative estimate of drug-likeness (QED) is 0.325. The Kier molecular flexibility index (Phi) is 7.56. The van der Waals surface area contributed by atoms with Crippen LogP contribution in [0.3, 0.4) is 0 Å². The van der Waals surface area contributed by atoms with E-state index in [1.54, 1.807) is 12.1 Å². The highest BCUT2D eigenvalue weighted by molar-refractivity contribution is 6.78. The molecule has 84 valence electrons. The van der Waals surface area contributed by atoms with Crippen LogP contribution in [0.1, 0.15) is 19.3 Å². The second-order valence-corrected chi connectivity index (χ2v) is 14.3. The molecule has 0 fully saturated rings. The van der Waals surface area contributed by atoms with E-state index in [-0.39, 0.29) is 8.80 Å². The van der Waals surface area contributed by atoms with Gasteiger partial charge in [-0.15, -0.1) is 6.58 Å². The average Bonchev–Trinajstić information content (AvgIpc) is 2.10. The van der Waals surface area contributed by atoms with Crippen molar-refractivity contribution in [3.8, 4) is 0 Å². The second-order valence-electron chi connectivity index (χ2n) is 5.63. The second kappa shape index (κ2) is 7.46. The lowest BCUT2D eigenvalue weighted by atomic mass is 10.2. The van der Waals surface area contributed by atoms with E-state index in [0.29, 0.717) is 0 Å². The molecule has 0 aliphatic carbocycles. The van der Waals surface area contributed by atoms with Gasteiger partial charge in [-0.3, -0.25) is 0 Å². The molecular formula is C12H28Si2. The first kappa shape index (κ1) is 14.2. The van der Waals surface area contributed by atoms with Gasteiger partial charge in [-0.2, -0.15) is 0 Å². The summed E-state index contributed by atoms with van der Waals surface area (Å²) in [6, 6.07) is 4.67. The summed E-state index contributed by atoms with van der Waals surface area (Å²) in [5, 5.41) is 0. The van der Waals surface area contributed by atoms with E-state index in [4.69, 9.17) is 0 Å². The SMILES string of the molecule is C=CCCCC[Si](C)(C)CC[SiH](C)C.